The molecule has 5 heteroatoms. The van der Waals surface area contributed by atoms with Crippen molar-refractivity contribution >= 4 is 23.1 Å². The number of urea groups is 1. The smallest absolute Gasteiger partial charge is 0.308 e. The first kappa shape index (κ1) is 17.0. The fourth-order valence-corrected chi connectivity index (χ4v) is 3.20. The topological polar surface area (TPSA) is 53.5 Å². The summed E-state index contributed by atoms with van der Waals surface area (Å²) in [6, 6.07) is 21.1. The maximum Gasteiger partial charge on any atom is 0.323 e. The normalized spacial score (nSPS) is 12.7. The number of hydrogen-bond acceptors (Lipinski definition) is 2. The van der Waals surface area contributed by atoms with Crippen molar-refractivity contribution in [1.82, 2.24) is 0 Å². The fourth-order valence-electron chi connectivity index (χ4n) is 3.20. The first-order chi connectivity index (χ1) is 13.2. The van der Waals surface area contributed by atoms with Crippen molar-refractivity contribution in [3.8, 4) is 0 Å². The van der Waals surface area contributed by atoms with Gasteiger partial charge in [0.05, 0.1) is 11.4 Å². The monoisotopic (exact) mass is 359 g/mol. The van der Waals surface area contributed by atoms with E-state index in [1.165, 1.54) is 12.1 Å². The molecule has 4 nitrogen and oxygen atoms in total. The highest BCUT2D eigenvalue weighted by Gasteiger charge is 2.19. The molecule has 2 amide bonds. The number of para-hydroxylation sites is 2. The molecular formula is C22H18FN3O. The van der Waals surface area contributed by atoms with Gasteiger partial charge in [-0.25, -0.2) is 9.18 Å². The Labute approximate surface area is 156 Å². The molecule has 0 saturated heterocycles. The van der Waals surface area contributed by atoms with Crippen LogP contribution < -0.4 is 10.6 Å². The number of rotatable bonds is 3. The summed E-state index contributed by atoms with van der Waals surface area (Å²) in [5.74, 6) is -0.296. The van der Waals surface area contributed by atoms with Gasteiger partial charge in [-0.2, -0.15) is 0 Å². The van der Waals surface area contributed by atoms with Crippen molar-refractivity contribution < 1.29 is 9.18 Å². The van der Waals surface area contributed by atoms with Crippen LogP contribution in [0.15, 0.2) is 77.8 Å². The Hall–Kier alpha value is -3.47. The standard InChI is InChI=1S/C22H18FN3O/c23-16-11-10-15-12-13-24-21(19(15)14-16)18-8-4-5-9-20(18)26-22(27)25-17-6-2-1-3-7-17/h1-11,14H,12-13H2,(H2,25,26,27). The number of anilines is 2. The lowest BCUT2D eigenvalue weighted by molar-refractivity contribution is 0.262. The van der Waals surface area contributed by atoms with Crippen molar-refractivity contribution in [3.05, 3.63) is 95.3 Å². The van der Waals surface area contributed by atoms with Gasteiger partial charge in [-0.1, -0.05) is 42.5 Å². The van der Waals surface area contributed by atoms with Crippen molar-refractivity contribution in [2.45, 2.75) is 6.42 Å². The second-order valence-corrected chi connectivity index (χ2v) is 6.27. The van der Waals surface area contributed by atoms with Gasteiger partial charge in [-0.3, -0.25) is 4.99 Å². The quantitative estimate of drug-likeness (QED) is 0.689. The fraction of sp³-hybridized carbons (Fsp3) is 0.0909. The summed E-state index contributed by atoms with van der Waals surface area (Å²) in [4.78, 5) is 17.0. The maximum atomic E-state index is 13.8. The molecule has 2 N–H and O–H groups in total. The highest BCUT2D eigenvalue weighted by atomic mass is 19.1. The van der Waals surface area contributed by atoms with E-state index in [9.17, 15) is 9.18 Å². The largest absolute Gasteiger partial charge is 0.323 e. The van der Waals surface area contributed by atoms with Gasteiger partial charge in [0, 0.05) is 23.4 Å². The van der Waals surface area contributed by atoms with Gasteiger partial charge in [0.25, 0.3) is 0 Å². The molecule has 0 aromatic heterocycles. The number of amides is 2. The molecule has 27 heavy (non-hydrogen) atoms. The molecule has 0 fully saturated rings. The maximum absolute atomic E-state index is 13.8. The molecule has 4 rings (SSSR count). The Kier molecular flexibility index (Phi) is 4.66. The van der Waals surface area contributed by atoms with E-state index in [1.807, 2.05) is 54.6 Å². The van der Waals surface area contributed by atoms with E-state index >= 15 is 0 Å². The molecule has 0 radical (unpaired) electrons. The zero-order chi connectivity index (χ0) is 18.6. The predicted octanol–water partition coefficient (Wildman–Crippen LogP) is 4.86. The second kappa shape index (κ2) is 7.41. The van der Waals surface area contributed by atoms with Gasteiger partial charge in [0.2, 0.25) is 0 Å². The van der Waals surface area contributed by atoms with Gasteiger partial charge in [-0.05, 0) is 42.3 Å². The molecule has 134 valence electrons. The molecule has 0 atom stereocenters. The average Bonchev–Trinajstić information content (AvgIpc) is 2.69. The van der Waals surface area contributed by atoms with Crippen LogP contribution in [0, 0.1) is 5.82 Å². The van der Waals surface area contributed by atoms with Crippen LogP contribution >= 0.6 is 0 Å². The highest BCUT2D eigenvalue weighted by Crippen LogP contribution is 2.26. The summed E-state index contributed by atoms with van der Waals surface area (Å²) >= 11 is 0. The number of benzene rings is 3. The number of aliphatic imine (C=N–C) groups is 1. The summed E-state index contributed by atoms with van der Waals surface area (Å²) in [6.07, 6.45) is 0.781. The van der Waals surface area contributed by atoms with Crippen LogP contribution in [-0.2, 0) is 6.42 Å². The zero-order valence-corrected chi connectivity index (χ0v) is 14.6. The third kappa shape index (κ3) is 3.72. The predicted molar refractivity (Wildman–Crippen MR) is 106 cm³/mol. The van der Waals surface area contributed by atoms with Crippen LogP contribution in [0.2, 0.25) is 0 Å². The van der Waals surface area contributed by atoms with Gasteiger partial charge in [0.15, 0.2) is 0 Å². The molecule has 0 spiro atoms. The van der Waals surface area contributed by atoms with E-state index in [4.69, 9.17) is 0 Å². The molecule has 0 saturated carbocycles. The number of nitrogens with one attached hydrogen (secondary N) is 2. The van der Waals surface area contributed by atoms with Crippen molar-refractivity contribution in [2.75, 3.05) is 17.2 Å². The van der Waals surface area contributed by atoms with E-state index in [0.29, 0.717) is 23.6 Å². The summed E-state index contributed by atoms with van der Waals surface area (Å²) < 4.78 is 13.8. The van der Waals surface area contributed by atoms with Crippen molar-refractivity contribution in [3.63, 3.8) is 0 Å². The van der Waals surface area contributed by atoms with E-state index in [1.54, 1.807) is 6.07 Å². The third-order valence-corrected chi connectivity index (χ3v) is 4.44. The van der Waals surface area contributed by atoms with Gasteiger partial charge in [0.1, 0.15) is 5.82 Å². The number of nitrogens with zero attached hydrogens (tertiary/aromatic N) is 1. The number of carbonyl (C=O) groups excluding carboxylic acids is 1. The molecule has 1 aliphatic heterocycles. The third-order valence-electron chi connectivity index (χ3n) is 4.44. The average molecular weight is 359 g/mol. The Morgan fingerprint density at radius 1 is 0.889 bits per heavy atom. The molecule has 0 aliphatic carbocycles. The summed E-state index contributed by atoms with van der Waals surface area (Å²) in [7, 11) is 0. The molecule has 1 aliphatic rings. The van der Waals surface area contributed by atoms with E-state index in [-0.39, 0.29) is 11.8 Å². The number of hydrogen-bond donors (Lipinski definition) is 2. The lowest BCUT2D eigenvalue weighted by Crippen LogP contribution is -2.22. The number of fused-ring (bicyclic) bond motifs is 1. The lowest BCUT2D eigenvalue weighted by atomic mass is 9.92. The van der Waals surface area contributed by atoms with Crippen LogP contribution in [0.1, 0.15) is 16.7 Å². The summed E-state index contributed by atoms with van der Waals surface area (Å²) in [5, 5.41) is 5.68. The number of carbonyl (C=O) groups is 1. The minimum Gasteiger partial charge on any atom is -0.308 e. The minimum absolute atomic E-state index is 0.296. The molecule has 3 aromatic carbocycles. The Morgan fingerprint density at radius 2 is 1.67 bits per heavy atom. The summed E-state index contributed by atoms with van der Waals surface area (Å²) in [6.45, 7) is 0.637. The lowest BCUT2D eigenvalue weighted by Gasteiger charge is -2.19. The van der Waals surface area contributed by atoms with Crippen LogP contribution in [-0.4, -0.2) is 18.3 Å². The first-order valence-electron chi connectivity index (χ1n) is 8.76. The highest BCUT2D eigenvalue weighted by molar-refractivity contribution is 6.18. The SMILES string of the molecule is O=C(Nc1ccccc1)Nc1ccccc1C1=NCCc2ccc(F)cc21. The van der Waals surface area contributed by atoms with Gasteiger partial charge in [-0.15, -0.1) is 0 Å². The molecular weight excluding hydrogens is 341 g/mol. The van der Waals surface area contributed by atoms with E-state index in [2.05, 4.69) is 15.6 Å². The molecule has 0 unspecified atom stereocenters. The van der Waals surface area contributed by atoms with Gasteiger partial charge < -0.3 is 10.6 Å². The van der Waals surface area contributed by atoms with Crippen molar-refractivity contribution in [2.24, 2.45) is 4.99 Å². The minimum atomic E-state index is -0.343. The van der Waals surface area contributed by atoms with Crippen LogP contribution in [0.4, 0.5) is 20.6 Å². The Balaban J connectivity index is 1.63. The van der Waals surface area contributed by atoms with Crippen LogP contribution in [0.5, 0.6) is 0 Å². The first-order valence-corrected chi connectivity index (χ1v) is 8.76. The second-order valence-electron chi connectivity index (χ2n) is 6.27. The Morgan fingerprint density at radius 3 is 2.52 bits per heavy atom. The number of halogens is 1. The Bertz CT molecular complexity index is 1020. The molecule has 0 bridgehead atoms. The van der Waals surface area contributed by atoms with Gasteiger partial charge >= 0.3 is 6.03 Å². The van der Waals surface area contributed by atoms with Crippen molar-refractivity contribution in [1.29, 1.82) is 0 Å². The van der Waals surface area contributed by atoms with E-state index < -0.39 is 0 Å². The van der Waals surface area contributed by atoms with E-state index in [0.717, 1.165) is 23.1 Å². The summed E-state index contributed by atoms with van der Waals surface area (Å²) in [5.41, 5.74) is 4.64. The molecule has 1 heterocycles. The van der Waals surface area contributed by atoms with Crippen LogP contribution in [0.25, 0.3) is 0 Å². The zero-order valence-electron chi connectivity index (χ0n) is 14.6. The molecule has 3 aromatic rings. The van der Waals surface area contributed by atoms with Crippen LogP contribution in [0.3, 0.4) is 0 Å².